The fourth-order valence-corrected chi connectivity index (χ4v) is 1.71. The second-order valence-corrected chi connectivity index (χ2v) is 4.04. The Bertz CT molecular complexity index is 584. The molecule has 2 heterocycles. The van der Waals surface area contributed by atoms with Gasteiger partial charge < -0.3 is 10.5 Å². The van der Waals surface area contributed by atoms with Crippen LogP contribution in [0.2, 0.25) is 0 Å². The molecule has 0 aromatic carbocycles. The zero-order valence-corrected chi connectivity index (χ0v) is 10.6. The molecule has 2 aromatic heterocycles. The van der Waals surface area contributed by atoms with Crippen LogP contribution in [0.3, 0.4) is 0 Å². The third-order valence-electron chi connectivity index (χ3n) is 2.75. The second kappa shape index (κ2) is 5.46. The van der Waals surface area contributed by atoms with Gasteiger partial charge in [-0.15, -0.1) is 0 Å². The molecule has 0 saturated heterocycles. The summed E-state index contributed by atoms with van der Waals surface area (Å²) in [6.45, 7) is 0. The minimum absolute atomic E-state index is 0.287. The molecule has 0 spiro atoms. The average molecular weight is 283 g/mol. The van der Waals surface area contributed by atoms with Crippen LogP contribution in [-0.2, 0) is 6.18 Å². The van der Waals surface area contributed by atoms with Gasteiger partial charge in [0.05, 0.1) is 24.4 Å². The van der Waals surface area contributed by atoms with Crippen molar-refractivity contribution in [3.63, 3.8) is 0 Å². The first-order valence-electron chi connectivity index (χ1n) is 5.71. The summed E-state index contributed by atoms with van der Waals surface area (Å²) in [5.74, 6) is 0.460. The van der Waals surface area contributed by atoms with Crippen molar-refractivity contribution in [3.8, 4) is 5.75 Å². The highest BCUT2D eigenvalue weighted by molar-refractivity contribution is 5.34. The van der Waals surface area contributed by atoms with Gasteiger partial charge in [-0.25, -0.2) is 0 Å². The molecular formula is C13H12F3N3O. The first-order chi connectivity index (χ1) is 9.43. The lowest BCUT2D eigenvalue weighted by Crippen LogP contribution is -2.17. The van der Waals surface area contributed by atoms with E-state index in [4.69, 9.17) is 10.5 Å². The number of rotatable bonds is 3. The zero-order valence-electron chi connectivity index (χ0n) is 10.6. The number of aromatic nitrogens is 2. The monoisotopic (exact) mass is 283 g/mol. The van der Waals surface area contributed by atoms with Gasteiger partial charge in [-0.2, -0.15) is 13.2 Å². The Balaban J connectivity index is 2.32. The molecule has 0 aliphatic heterocycles. The highest BCUT2D eigenvalue weighted by Gasteiger charge is 2.31. The maximum absolute atomic E-state index is 12.5. The Labute approximate surface area is 113 Å². The predicted molar refractivity (Wildman–Crippen MR) is 66.1 cm³/mol. The van der Waals surface area contributed by atoms with E-state index in [0.29, 0.717) is 11.4 Å². The van der Waals surface area contributed by atoms with Gasteiger partial charge in [-0.05, 0) is 24.3 Å². The van der Waals surface area contributed by atoms with E-state index in [9.17, 15) is 13.2 Å². The lowest BCUT2D eigenvalue weighted by Gasteiger charge is -2.14. The molecule has 0 amide bonds. The van der Waals surface area contributed by atoms with Crippen molar-refractivity contribution in [2.24, 2.45) is 5.73 Å². The van der Waals surface area contributed by atoms with Crippen molar-refractivity contribution in [2.45, 2.75) is 12.2 Å². The van der Waals surface area contributed by atoms with Gasteiger partial charge in [0.15, 0.2) is 0 Å². The highest BCUT2D eigenvalue weighted by atomic mass is 19.4. The van der Waals surface area contributed by atoms with Gasteiger partial charge in [-0.3, -0.25) is 9.97 Å². The van der Waals surface area contributed by atoms with Gasteiger partial charge in [0.1, 0.15) is 11.4 Å². The van der Waals surface area contributed by atoms with E-state index in [1.165, 1.54) is 19.4 Å². The number of pyridine rings is 2. The van der Waals surface area contributed by atoms with E-state index in [2.05, 4.69) is 9.97 Å². The summed E-state index contributed by atoms with van der Waals surface area (Å²) < 4.78 is 42.5. The molecule has 4 nitrogen and oxygen atoms in total. The van der Waals surface area contributed by atoms with Crippen molar-refractivity contribution in [2.75, 3.05) is 7.11 Å². The third-order valence-corrected chi connectivity index (χ3v) is 2.75. The molecule has 2 N–H and O–H groups in total. The molecule has 20 heavy (non-hydrogen) atoms. The summed E-state index contributed by atoms with van der Waals surface area (Å²) in [6.07, 6.45) is -2.13. The van der Waals surface area contributed by atoms with Crippen molar-refractivity contribution in [3.05, 3.63) is 53.6 Å². The van der Waals surface area contributed by atoms with Crippen molar-refractivity contribution in [1.29, 1.82) is 0 Å². The molecule has 1 atom stereocenters. The number of nitrogens with two attached hydrogens (primary N) is 1. The van der Waals surface area contributed by atoms with Crippen LogP contribution in [0.4, 0.5) is 13.2 Å². The van der Waals surface area contributed by atoms with Gasteiger partial charge in [0.2, 0.25) is 0 Å². The lowest BCUT2D eigenvalue weighted by molar-refractivity contribution is -0.137. The number of hydrogen-bond donors (Lipinski definition) is 1. The molecule has 0 aliphatic rings. The molecule has 1 unspecified atom stereocenters. The first kappa shape index (κ1) is 14.3. The Hall–Kier alpha value is -2.15. The Morgan fingerprint density at radius 3 is 2.50 bits per heavy atom. The van der Waals surface area contributed by atoms with Crippen molar-refractivity contribution in [1.82, 2.24) is 9.97 Å². The van der Waals surface area contributed by atoms with Crippen LogP contribution in [0.25, 0.3) is 0 Å². The Kier molecular flexibility index (Phi) is 3.89. The van der Waals surface area contributed by atoms with E-state index in [0.717, 1.165) is 12.3 Å². The summed E-state index contributed by atoms with van der Waals surface area (Å²) in [6, 6.07) is 4.77. The fourth-order valence-electron chi connectivity index (χ4n) is 1.71. The molecule has 0 fully saturated rings. The van der Waals surface area contributed by atoms with Crippen LogP contribution < -0.4 is 10.5 Å². The minimum Gasteiger partial charge on any atom is -0.495 e. The maximum Gasteiger partial charge on any atom is 0.417 e. The summed E-state index contributed by atoms with van der Waals surface area (Å²) in [4.78, 5) is 7.84. The lowest BCUT2D eigenvalue weighted by atomic mass is 10.1. The van der Waals surface area contributed by atoms with E-state index in [-0.39, 0.29) is 5.69 Å². The number of methoxy groups -OCH3 is 1. The second-order valence-electron chi connectivity index (χ2n) is 4.04. The molecule has 2 rings (SSSR count). The zero-order chi connectivity index (χ0) is 14.8. The van der Waals surface area contributed by atoms with Crippen LogP contribution in [0.5, 0.6) is 5.75 Å². The summed E-state index contributed by atoms with van der Waals surface area (Å²) in [7, 11) is 1.47. The first-order valence-corrected chi connectivity index (χ1v) is 5.71. The smallest absolute Gasteiger partial charge is 0.417 e. The summed E-state index contributed by atoms with van der Waals surface area (Å²) in [5.41, 5.74) is 5.85. The standard InChI is InChI=1S/C13H12F3N3O/c1-20-10-3-2-6-18-12(10)11(17)9-5-4-8(7-19-9)13(14,15)16/h2-7,11H,17H2,1H3. The third kappa shape index (κ3) is 2.88. The number of halogens is 3. The Morgan fingerprint density at radius 1 is 1.20 bits per heavy atom. The van der Waals surface area contributed by atoms with Gasteiger partial charge in [0.25, 0.3) is 0 Å². The molecule has 0 radical (unpaired) electrons. The summed E-state index contributed by atoms with van der Waals surface area (Å²) >= 11 is 0. The highest BCUT2D eigenvalue weighted by Crippen LogP contribution is 2.30. The van der Waals surface area contributed by atoms with Crippen LogP contribution >= 0.6 is 0 Å². The van der Waals surface area contributed by atoms with Gasteiger partial charge in [0, 0.05) is 12.4 Å². The molecule has 0 bridgehead atoms. The normalized spacial score (nSPS) is 13.1. The number of hydrogen-bond acceptors (Lipinski definition) is 4. The van der Waals surface area contributed by atoms with Gasteiger partial charge in [-0.1, -0.05) is 0 Å². The molecular weight excluding hydrogens is 271 g/mol. The number of alkyl halides is 3. The molecule has 0 saturated carbocycles. The van der Waals surface area contributed by atoms with Crippen molar-refractivity contribution >= 4 is 0 Å². The quantitative estimate of drug-likeness (QED) is 0.940. The van der Waals surface area contributed by atoms with E-state index in [1.54, 1.807) is 12.1 Å². The average Bonchev–Trinajstić information content (AvgIpc) is 2.45. The molecule has 2 aromatic rings. The van der Waals surface area contributed by atoms with Crippen molar-refractivity contribution < 1.29 is 17.9 Å². The molecule has 106 valence electrons. The SMILES string of the molecule is COc1cccnc1C(N)c1ccc(C(F)(F)F)cn1. The van der Waals surface area contributed by atoms with Crippen LogP contribution in [0.1, 0.15) is 23.0 Å². The Morgan fingerprint density at radius 2 is 1.95 bits per heavy atom. The topological polar surface area (TPSA) is 61.0 Å². The van der Waals surface area contributed by atoms with Crippen LogP contribution in [0, 0.1) is 0 Å². The largest absolute Gasteiger partial charge is 0.495 e. The number of nitrogens with zero attached hydrogens (tertiary/aromatic N) is 2. The van der Waals surface area contributed by atoms with Gasteiger partial charge >= 0.3 is 6.18 Å². The van der Waals surface area contributed by atoms with Crippen LogP contribution in [-0.4, -0.2) is 17.1 Å². The maximum atomic E-state index is 12.5. The number of ether oxygens (including phenoxy) is 1. The molecule has 0 aliphatic carbocycles. The summed E-state index contributed by atoms with van der Waals surface area (Å²) in [5, 5.41) is 0. The van der Waals surface area contributed by atoms with E-state index >= 15 is 0 Å². The fraction of sp³-hybridized carbons (Fsp3) is 0.231. The van der Waals surface area contributed by atoms with Crippen LogP contribution in [0.15, 0.2) is 36.7 Å². The molecule has 7 heteroatoms. The van der Waals surface area contributed by atoms with E-state index < -0.39 is 17.8 Å². The minimum atomic E-state index is -4.42. The van der Waals surface area contributed by atoms with E-state index in [1.807, 2.05) is 0 Å². The predicted octanol–water partition coefficient (Wildman–Crippen LogP) is 2.55.